The Balaban J connectivity index is -0.0000000450. The van der Waals surface area contributed by atoms with E-state index >= 15 is 0 Å². The molecule has 0 amide bonds. The molecule has 0 aromatic heterocycles. The first kappa shape index (κ1) is 16.8. The van der Waals surface area contributed by atoms with Gasteiger partial charge in [-0.3, -0.25) is 0 Å². The van der Waals surface area contributed by atoms with Crippen molar-refractivity contribution >= 4 is 5.97 Å². The maximum Gasteiger partial charge on any atom is 0.0383 e. The summed E-state index contributed by atoms with van der Waals surface area (Å²) in [5.74, 6) is -1.08. The van der Waals surface area contributed by atoms with Crippen LogP contribution < -0.4 is 11.3 Å². The molecule has 0 saturated carbocycles. The number of hydrogen-bond donors (Lipinski definition) is 1. The number of hydrogen-bond acceptors (Lipinski definition) is 2. The fraction of sp³-hybridized carbons (Fsp3) is 0.500. The van der Waals surface area contributed by atoms with E-state index in [0.717, 1.165) is 6.92 Å². The molecule has 0 rings (SSSR count). The SMILES string of the molecule is CC(=O)[O-].[Mn].[NH4+]. The molecule has 0 saturated heterocycles. The van der Waals surface area contributed by atoms with Crippen LogP contribution in [0.15, 0.2) is 0 Å². The molecule has 0 unspecified atom stereocenters. The fourth-order valence-electron chi connectivity index (χ4n) is 0. The first-order valence-electron chi connectivity index (χ1n) is 0.908. The number of carbonyl (C=O) groups excluding carboxylic acids is 1. The summed E-state index contributed by atoms with van der Waals surface area (Å²) in [5, 5.41) is 8.89. The first-order chi connectivity index (χ1) is 1.73. The monoisotopic (exact) mass is 132 g/mol. The summed E-state index contributed by atoms with van der Waals surface area (Å²) in [7, 11) is 0. The zero-order chi connectivity index (χ0) is 3.58. The van der Waals surface area contributed by atoms with Crippen molar-refractivity contribution < 1.29 is 27.0 Å². The van der Waals surface area contributed by atoms with E-state index in [1.54, 1.807) is 0 Å². The molecule has 0 aromatic carbocycles. The van der Waals surface area contributed by atoms with Gasteiger partial charge >= 0.3 is 0 Å². The van der Waals surface area contributed by atoms with Crippen molar-refractivity contribution in [2.45, 2.75) is 6.92 Å². The second-order valence-corrected chi connectivity index (χ2v) is 0.492. The Labute approximate surface area is 46.8 Å². The Morgan fingerprint density at radius 3 is 1.67 bits per heavy atom. The van der Waals surface area contributed by atoms with Crippen LogP contribution in [0, 0.1) is 0 Å². The average Bonchev–Trinajstić information content (AvgIpc) is 0.811. The molecule has 0 bridgehead atoms. The molecule has 0 fully saturated rings. The third-order valence-corrected chi connectivity index (χ3v) is 0. The van der Waals surface area contributed by atoms with Crippen LogP contribution in [0.2, 0.25) is 0 Å². The van der Waals surface area contributed by atoms with E-state index in [2.05, 4.69) is 0 Å². The van der Waals surface area contributed by atoms with Crippen molar-refractivity contribution in [1.29, 1.82) is 0 Å². The van der Waals surface area contributed by atoms with Gasteiger partial charge in [-0.2, -0.15) is 0 Å². The standard InChI is InChI=1S/C2H4O2.Mn.H3N/c1-2(3)4;;/h1H3,(H,3,4);;1H3. The minimum atomic E-state index is -1.08. The van der Waals surface area contributed by atoms with Crippen molar-refractivity contribution in [2.24, 2.45) is 0 Å². The zero-order valence-corrected chi connectivity index (χ0v) is 4.87. The summed E-state index contributed by atoms with van der Waals surface area (Å²) in [6.07, 6.45) is 0. The number of aliphatic carboxylic acids is 1. The second-order valence-electron chi connectivity index (χ2n) is 0.492. The van der Waals surface area contributed by atoms with Gasteiger partial charge in [0, 0.05) is 23.0 Å². The molecule has 1 radical (unpaired) electrons. The topological polar surface area (TPSA) is 76.6 Å². The predicted molar refractivity (Wildman–Crippen MR) is 16.7 cm³/mol. The zero-order valence-electron chi connectivity index (χ0n) is 3.69. The summed E-state index contributed by atoms with van der Waals surface area (Å²) in [4.78, 5) is 8.89. The van der Waals surface area contributed by atoms with Gasteiger partial charge in [0.15, 0.2) is 0 Å². The second kappa shape index (κ2) is 8.87. The molecule has 0 aliphatic carbocycles. The van der Waals surface area contributed by atoms with Gasteiger partial charge in [-0.25, -0.2) is 0 Å². The summed E-state index contributed by atoms with van der Waals surface area (Å²) in [6, 6.07) is 0. The van der Waals surface area contributed by atoms with Crippen molar-refractivity contribution in [3.05, 3.63) is 0 Å². The van der Waals surface area contributed by atoms with Gasteiger partial charge in [0.25, 0.3) is 0 Å². The van der Waals surface area contributed by atoms with E-state index in [9.17, 15) is 0 Å². The average molecular weight is 132 g/mol. The summed E-state index contributed by atoms with van der Waals surface area (Å²) in [6.45, 7) is 0.972. The van der Waals surface area contributed by atoms with Crippen LogP contribution in [-0.4, -0.2) is 5.97 Å². The van der Waals surface area contributed by atoms with Crippen molar-refractivity contribution in [3.63, 3.8) is 0 Å². The van der Waals surface area contributed by atoms with Gasteiger partial charge in [-0.05, 0) is 6.92 Å². The third-order valence-electron chi connectivity index (χ3n) is 0. The minimum absolute atomic E-state index is 0. The van der Waals surface area contributed by atoms with Crippen LogP contribution in [0.1, 0.15) is 6.92 Å². The van der Waals surface area contributed by atoms with Crippen LogP contribution in [0.3, 0.4) is 0 Å². The smallest absolute Gasteiger partial charge is 0.0383 e. The van der Waals surface area contributed by atoms with E-state index in [0.29, 0.717) is 0 Å². The Morgan fingerprint density at radius 2 is 1.67 bits per heavy atom. The molecule has 4 heteroatoms. The molecular formula is C2H7MnNO2. The van der Waals surface area contributed by atoms with E-state index in [-0.39, 0.29) is 23.2 Å². The fourth-order valence-corrected chi connectivity index (χ4v) is 0. The van der Waals surface area contributed by atoms with Gasteiger partial charge in [-0.15, -0.1) is 0 Å². The maximum atomic E-state index is 8.89. The molecule has 0 aromatic rings. The van der Waals surface area contributed by atoms with Crippen molar-refractivity contribution in [3.8, 4) is 0 Å². The van der Waals surface area contributed by atoms with Crippen LogP contribution in [0.5, 0.6) is 0 Å². The van der Waals surface area contributed by atoms with Gasteiger partial charge in [0.05, 0.1) is 0 Å². The number of carbonyl (C=O) groups is 1. The molecule has 0 atom stereocenters. The van der Waals surface area contributed by atoms with E-state index in [4.69, 9.17) is 9.90 Å². The molecule has 3 nitrogen and oxygen atoms in total. The molecule has 0 aliphatic heterocycles. The third kappa shape index (κ3) is 13500. The van der Waals surface area contributed by atoms with Crippen LogP contribution in [0.25, 0.3) is 0 Å². The molecule has 0 heterocycles. The van der Waals surface area contributed by atoms with E-state index < -0.39 is 5.97 Å². The molecule has 0 aliphatic rings. The first-order valence-corrected chi connectivity index (χ1v) is 0.908. The number of quaternary nitrogens is 1. The molecule has 6 heavy (non-hydrogen) atoms. The quantitative estimate of drug-likeness (QED) is 0.435. The Kier molecular flexibility index (Phi) is 24.8. The molecule has 0 spiro atoms. The number of carboxylic acids is 1. The van der Waals surface area contributed by atoms with E-state index in [1.807, 2.05) is 0 Å². The summed E-state index contributed by atoms with van der Waals surface area (Å²) >= 11 is 0. The van der Waals surface area contributed by atoms with Gasteiger partial charge < -0.3 is 16.1 Å². The van der Waals surface area contributed by atoms with Gasteiger partial charge in [0.2, 0.25) is 0 Å². The normalized spacial score (nSPS) is 4.17. The predicted octanol–water partition coefficient (Wildman–Crippen LogP) is -0.870. The molecular weight excluding hydrogens is 125 g/mol. The minimum Gasteiger partial charge on any atom is -0.550 e. The molecule has 4 N–H and O–H groups in total. The van der Waals surface area contributed by atoms with Gasteiger partial charge in [-0.1, -0.05) is 0 Å². The van der Waals surface area contributed by atoms with Crippen LogP contribution in [-0.2, 0) is 21.9 Å². The summed E-state index contributed by atoms with van der Waals surface area (Å²) in [5.41, 5.74) is 0. The maximum absolute atomic E-state index is 8.89. The number of carboxylic acid groups (broad SMARTS) is 1. The van der Waals surface area contributed by atoms with Gasteiger partial charge in [0.1, 0.15) is 0 Å². The Bertz CT molecular complexity index is 34.5. The van der Waals surface area contributed by atoms with E-state index in [1.165, 1.54) is 0 Å². The molecule has 39 valence electrons. The van der Waals surface area contributed by atoms with Crippen molar-refractivity contribution in [2.75, 3.05) is 0 Å². The number of rotatable bonds is 0. The van der Waals surface area contributed by atoms with Crippen molar-refractivity contribution in [1.82, 2.24) is 6.15 Å². The van der Waals surface area contributed by atoms with Crippen LogP contribution in [0.4, 0.5) is 0 Å². The Morgan fingerprint density at radius 1 is 1.67 bits per heavy atom. The largest absolute Gasteiger partial charge is 0.550 e. The van der Waals surface area contributed by atoms with Crippen LogP contribution >= 0.6 is 0 Å². The Hall–Kier alpha value is -0.0505. The summed E-state index contributed by atoms with van der Waals surface area (Å²) < 4.78 is 0.